The monoisotopic (exact) mass is 498 g/mol. The van der Waals surface area contributed by atoms with Gasteiger partial charge < -0.3 is 20.3 Å². The molecule has 2 N–H and O–H groups in total. The number of fused-ring (bicyclic) bond motifs is 2. The second kappa shape index (κ2) is 8.90. The normalized spacial score (nSPS) is 25.0. The van der Waals surface area contributed by atoms with Crippen molar-refractivity contribution in [3.05, 3.63) is 35.2 Å². The zero-order valence-electron chi connectivity index (χ0n) is 20.5. The summed E-state index contributed by atoms with van der Waals surface area (Å²) in [5.74, 6) is 3.16. The topological polar surface area (TPSA) is 99.7 Å². The van der Waals surface area contributed by atoms with Crippen molar-refractivity contribution in [1.82, 2.24) is 20.2 Å². The fourth-order valence-electron chi connectivity index (χ4n) is 5.88. The van der Waals surface area contributed by atoms with E-state index in [1.54, 1.807) is 6.33 Å². The number of hydrogen-bond donors (Lipinski definition) is 2. The number of nitrogens with zero attached hydrogens (tertiary/aromatic N) is 4. The molecule has 6 rings (SSSR count). The average Bonchev–Trinajstić information content (AvgIpc) is 2.95. The summed E-state index contributed by atoms with van der Waals surface area (Å²) in [6.07, 6.45) is 3.77. The summed E-state index contributed by atoms with van der Waals surface area (Å²) < 4.78 is 30.4. The molecule has 0 radical (unpaired) electrons. The van der Waals surface area contributed by atoms with Crippen LogP contribution in [0.4, 0.5) is 17.3 Å². The number of aryl methyl sites for hydroxylation is 1. The third-order valence-electron chi connectivity index (χ3n) is 7.96. The van der Waals surface area contributed by atoms with Crippen molar-refractivity contribution < 1.29 is 13.2 Å². The van der Waals surface area contributed by atoms with E-state index < -0.39 is 9.84 Å². The molecule has 1 aromatic carbocycles. The lowest BCUT2D eigenvalue weighted by Gasteiger charge is -2.46. The van der Waals surface area contributed by atoms with Crippen molar-refractivity contribution in [3.8, 4) is 5.75 Å². The number of sulfone groups is 1. The van der Waals surface area contributed by atoms with Crippen LogP contribution in [0.5, 0.6) is 5.75 Å². The highest BCUT2D eigenvalue weighted by molar-refractivity contribution is 7.91. The smallest absolute Gasteiger partial charge is 0.153 e. The number of piperidine rings is 1. The Morgan fingerprint density at radius 1 is 1.09 bits per heavy atom. The standard InChI is InChI=1S/C25H34N6O3S/c1-16-11-18(19-13-31(14-19)20-3-5-26-6-4-20)12-21-23(16)34-17(2)22-24(29-21)27-15-28-25(22)30-7-9-35(32,33)10-8-30/h11-12,15,17,19-20,26H,3-10,13-14H2,1-2H3,(H,27,28,29). The number of nitrogens with one attached hydrogen (secondary N) is 2. The van der Waals surface area contributed by atoms with Crippen LogP contribution in [0.15, 0.2) is 18.5 Å². The summed E-state index contributed by atoms with van der Waals surface area (Å²) in [6, 6.07) is 5.21. The fraction of sp³-hybridized carbons (Fsp3) is 0.600. The lowest BCUT2D eigenvalue weighted by Crippen LogP contribution is -2.53. The maximum Gasteiger partial charge on any atom is 0.153 e. The Kier molecular flexibility index (Phi) is 5.85. The van der Waals surface area contributed by atoms with Gasteiger partial charge in [0.05, 0.1) is 22.8 Å². The molecular weight excluding hydrogens is 464 g/mol. The van der Waals surface area contributed by atoms with Crippen LogP contribution in [-0.4, -0.2) is 80.1 Å². The summed E-state index contributed by atoms with van der Waals surface area (Å²) in [7, 11) is -2.97. The van der Waals surface area contributed by atoms with Crippen molar-refractivity contribution in [1.29, 1.82) is 0 Å². The van der Waals surface area contributed by atoms with Crippen molar-refractivity contribution in [2.45, 2.75) is 44.8 Å². The van der Waals surface area contributed by atoms with E-state index in [0.29, 0.717) is 25.0 Å². The number of likely N-dealkylation sites (tertiary alicyclic amines) is 1. The first-order valence-corrected chi connectivity index (χ1v) is 14.5. The van der Waals surface area contributed by atoms with Gasteiger partial charge in [0.15, 0.2) is 9.84 Å². The third kappa shape index (κ3) is 4.36. The Bertz CT molecular complexity index is 1210. The highest BCUT2D eigenvalue weighted by Crippen LogP contribution is 2.45. The highest BCUT2D eigenvalue weighted by Gasteiger charge is 2.35. The first kappa shape index (κ1) is 23.0. The van der Waals surface area contributed by atoms with Gasteiger partial charge in [-0.1, -0.05) is 6.07 Å². The SMILES string of the molecule is Cc1cc(C2CN(C3CCNCC3)C2)cc2c1OC(C)c1c(ncnc1N1CCS(=O)(=O)CC1)N2. The molecule has 35 heavy (non-hydrogen) atoms. The van der Waals surface area contributed by atoms with Crippen LogP contribution < -0.4 is 20.3 Å². The number of aromatic nitrogens is 2. The fourth-order valence-corrected chi connectivity index (χ4v) is 7.08. The van der Waals surface area contributed by atoms with E-state index in [9.17, 15) is 8.42 Å². The van der Waals surface area contributed by atoms with Crippen LogP contribution in [0.1, 0.15) is 48.5 Å². The molecule has 5 heterocycles. The van der Waals surface area contributed by atoms with E-state index in [-0.39, 0.29) is 17.6 Å². The van der Waals surface area contributed by atoms with Crippen molar-refractivity contribution >= 4 is 27.2 Å². The minimum Gasteiger partial charge on any atom is -0.483 e. The first-order chi connectivity index (χ1) is 16.9. The molecule has 4 aliphatic heterocycles. The van der Waals surface area contributed by atoms with Gasteiger partial charge in [0.1, 0.15) is 29.8 Å². The van der Waals surface area contributed by atoms with E-state index in [1.165, 1.54) is 18.4 Å². The van der Waals surface area contributed by atoms with Crippen molar-refractivity contribution in [2.75, 3.05) is 61.0 Å². The van der Waals surface area contributed by atoms with Gasteiger partial charge in [0.2, 0.25) is 0 Å². The lowest BCUT2D eigenvalue weighted by atomic mass is 9.87. The Balaban J connectivity index is 1.25. The minimum atomic E-state index is -2.97. The zero-order valence-corrected chi connectivity index (χ0v) is 21.3. The highest BCUT2D eigenvalue weighted by atomic mass is 32.2. The average molecular weight is 499 g/mol. The Labute approximate surface area is 207 Å². The Hall–Kier alpha value is -2.43. The van der Waals surface area contributed by atoms with E-state index >= 15 is 0 Å². The molecule has 1 unspecified atom stereocenters. The van der Waals surface area contributed by atoms with Gasteiger partial charge in [-0.15, -0.1) is 0 Å². The van der Waals surface area contributed by atoms with Gasteiger partial charge >= 0.3 is 0 Å². The number of benzene rings is 1. The van der Waals surface area contributed by atoms with Gasteiger partial charge in [0, 0.05) is 38.1 Å². The van der Waals surface area contributed by atoms with Crippen LogP contribution in [0.2, 0.25) is 0 Å². The van der Waals surface area contributed by atoms with Gasteiger partial charge in [-0.3, -0.25) is 4.90 Å². The van der Waals surface area contributed by atoms with Crippen LogP contribution in [-0.2, 0) is 9.84 Å². The molecule has 0 aliphatic carbocycles. The van der Waals surface area contributed by atoms with Gasteiger partial charge in [-0.25, -0.2) is 18.4 Å². The molecule has 10 heteroatoms. The molecule has 0 spiro atoms. The molecule has 0 amide bonds. The number of ether oxygens (including phenoxy) is 1. The maximum absolute atomic E-state index is 11.9. The van der Waals surface area contributed by atoms with E-state index in [1.807, 2.05) is 11.8 Å². The Morgan fingerprint density at radius 2 is 1.83 bits per heavy atom. The van der Waals surface area contributed by atoms with Gasteiger partial charge in [-0.05, 0) is 57.0 Å². The molecule has 1 atom stereocenters. The number of anilines is 3. The van der Waals surface area contributed by atoms with Crippen molar-refractivity contribution in [2.24, 2.45) is 0 Å². The summed E-state index contributed by atoms with van der Waals surface area (Å²) in [5.41, 5.74) is 4.28. The molecular formula is C25H34N6O3S. The molecule has 0 saturated carbocycles. The van der Waals surface area contributed by atoms with Crippen LogP contribution in [0.25, 0.3) is 0 Å². The van der Waals surface area contributed by atoms with Crippen LogP contribution in [0, 0.1) is 6.92 Å². The largest absolute Gasteiger partial charge is 0.483 e. The molecule has 9 nitrogen and oxygen atoms in total. The molecule has 3 saturated heterocycles. The second-order valence-corrected chi connectivity index (χ2v) is 12.6. The second-order valence-electron chi connectivity index (χ2n) is 10.3. The van der Waals surface area contributed by atoms with Crippen LogP contribution in [0.3, 0.4) is 0 Å². The summed E-state index contributed by atoms with van der Waals surface area (Å²) >= 11 is 0. The molecule has 0 bridgehead atoms. The van der Waals surface area contributed by atoms with E-state index in [0.717, 1.165) is 60.4 Å². The predicted octanol–water partition coefficient (Wildman–Crippen LogP) is 2.37. The predicted molar refractivity (Wildman–Crippen MR) is 137 cm³/mol. The van der Waals surface area contributed by atoms with E-state index in [4.69, 9.17) is 4.74 Å². The van der Waals surface area contributed by atoms with Crippen LogP contribution >= 0.6 is 0 Å². The third-order valence-corrected chi connectivity index (χ3v) is 9.57. The van der Waals surface area contributed by atoms with Gasteiger partial charge in [-0.2, -0.15) is 0 Å². The molecule has 1 aromatic heterocycles. The number of hydrogen-bond acceptors (Lipinski definition) is 9. The molecule has 2 aromatic rings. The minimum absolute atomic E-state index is 0.146. The van der Waals surface area contributed by atoms with Crippen molar-refractivity contribution in [3.63, 3.8) is 0 Å². The molecule has 3 fully saturated rings. The van der Waals surface area contributed by atoms with E-state index in [2.05, 4.69) is 44.6 Å². The summed E-state index contributed by atoms with van der Waals surface area (Å²) in [4.78, 5) is 13.8. The number of rotatable bonds is 3. The van der Waals surface area contributed by atoms with Gasteiger partial charge in [0.25, 0.3) is 0 Å². The maximum atomic E-state index is 11.9. The first-order valence-electron chi connectivity index (χ1n) is 12.7. The Morgan fingerprint density at radius 3 is 2.57 bits per heavy atom. The quantitative estimate of drug-likeness (QED) is 0.661. The molecule has 4 aliphatic rings. The molecule has 188 valence electrons. The summed E-state index contributed by atoms with van der Waals surface area (Å²) in [6.45, 7) is 9.46. The summed E-state index contributed by atoms with van der Waals surface area (Å²) in [5, 5.41) is 7.00. The lowest BCUT2D eigenvalue weighted by molar-refractivity contribution is 0.0729. The zero-order chi connectivity index (χ0) is 24.2.